The Morgan fingerprint density at radius 2 is 2.30 bits per heavy atom. The maximum absolute atomic E-state index is 8.74. The third kappa shape index (κ3) is 4.08. The van der Waals surface area contributed by atoms with Gasteiger partial charge in [-0.15, -0.1) is 0 Å². The predicted octanol–water partition coefficient (Wildman–Crippen LogP) is 1.89. The lowest BCUT2D eigenvalue weighted by molar-refractivity contribution is -0.00744. The molecule has 2 unspecified atom stereocenters. The average Bonchev–Trinajstić information content (AvgIpc) is 2.47. The van der Waals surface area contributed by atoms with E-state index in [1.165, 1.54) is 12.0 Å². The van der Waals surface area contributed by atoms with Crippen LogP contribution < -0.4 is 0 Å². The molecule has 2 rings (SSSR count). The fourth-order valence-electron chi connectivity index (χ4n) is 2.70. The molecule has 1 fully saturated rings. The van der Waals surface area contributed by atoms with Gasteiger partial charge in [0.25, 0.3) is 0 Å². The first-order valence-electron chi connectivity index (χ1n) is 7.16. The van der Waals surface area contributed by atoms with Crippen molar-refractivity contribution in [1.29, 1.82) is 0 Å². The van der Waals surface area contributed by atoms with Crippen LogP contribution in [0.2, 0.25) is 0 Å². The van der Waals surface area contributed by atoms with Crippen LogP contribution >= 0.6 is 0 Å². The number of aliphatic hydroxyl groups is 1. The molecule has 20 heavy (non-hydrogen) atoms. The molecule has 1 aliphatic rings. The van der Waals surface area contributed by atoms with Crippen LogP contribution in [-0.2, 0) is 11.3 Å². The summed E-state index contributed by atoms with van der Waals surface area (Å²) in [4.78, 5) is 2.44. The zero-order chi connectivity index (χ0) is 14.4. The van der Waals surface area contributed by atoms with E-state index in [1.54, 1.807) is 7.11 Å². The Labute approximate surface area is 121 Å². The van der Waals surface area contributed by atoms with E-state index < -0.39 is 0 Å². The number of hydrogen-bond acceptors (Lipinski definition) is 3. The van der Waals surface area contributed by atoms with Crippen LogP contribution in [0.15, 0.2) is 24.3 Å². The van der Waals surface area contributed by atoms with Gasteiger partial charge in [0.1, 0.15) is 6.61 Å². The standard InChI is InChI=1S/C17H23NO2/c1-14-8-9-18(13-17(14)20-2)12-16-6-3-5-15(11-16)7-4-10-19/h3,5-6,11,14,17,19H,8-10,12-13H2,1-2H3. The highest BCUT2D eigenvalue weighted by Crippen LogP contribution is 2.21. The minimum atomic E-state index is -0.0935. The third-order valence-electron chi connectivity index (χ3n) is 3.92. The summed E-state index contributed by atoms with van der Waals surface area (Å²) in [6, 6.07) is 8.23. The normalized spacial score (nSPS) is 23.1. The van der Waals surface area contributed by atoms with E-state index in [2.05, 4.69) is 35.8 Å². The van der Waals surface area contributed by atoms with Crippen molar-refractivity contribution in [2.45, 2.75) is 26.0 Å². The minimum Gasteiger partial charge on any atom is -0.384 e. The Bertz CT molecular complexity index is 489. The number of rotatable bonds is 3. The van der Waals surface area contributed by atoms with Gasteiger partial charge in [-0.05, 0) is 36.6 Å². The number of hydrogen-bond donors (Lipinski definition) is 1. The summed E-state index contributed by atoms with van der Waals surface area (Å²) in [5, 5.41) is 8.74. The lowest BCUT2D eigenvalue weighted by atomic mass is 9.95. The van der Waals surface area contributed by atoms with E-state index in [9.17, 15) is 0 Å². The molecule has 2 atom stereocenters. The second kappa shape index (κ2) is 7.44. The Morgan fingerprint density at radius 1 is 1.45 bits per heavy atom. The molecule has 1 aliphatic heterocycles. The van der Waals surface area contributed by atoms with Crippen LogP contribution in [0.1, 0.15) is 24.5 Å². The smallest absolute Gasteiger partial charge is 0.104 e. The highest BCUT2D eigenvalue weighted by molar-refractivity contribution is 5.37. The maximum atomic E-state index is 8.74. The topological polar surface area (TPSA) is 32.7 Å². The molecule has 0 aliphatic carbocycles. The predicted molar refractivity (Wildman–Crippen MR) is 80.3 cm³/mol. The molecule has 108 valence electrons. The molecule has 1 N–H and O–H groups in total. The van der Waals surface area contributed by atoms with Crippen LogP contribution in [-0.4, -0.2) is 42.9 Å². The third-order valence-corrected chi connectivity index (χ3v) is 3.92. The Balaban J connectivity index is 1.99. The summed E-state index contributed by atoms with van der Waals surface area (Å²) in [5.41, 5.74) is 2.23. The molecule has 0 aromatic heterocycles. The number of methoxy groups -OCH3 is 1. The van der Waals surface area contributed by atoms with Crippen molar-refractivity contribution in [2.75, 3.05) is 26.8 Å². The van der Waals surface area contributed by atoms with Gasteiger partial charge in [-0.1, -0.05) is 30.9 Å². The summed E-state index contributed by atoms with van der Waals surface area (Å²) < 4.78 is 5.56. The summed E-state index contributed by atoms with van der Waals surface area (Å²) >= 11 is 0. The van der Waals surface area contributed by atoms with E-state index in [0.717, 1.165) is 25.2 Å². The van der Waals surface area contributed by atoms with Crippen LogP contribution in [0, 0.1) is 17.8 Å². The molecule has 3 heteroatoms. The molecule has 1 saturated heterocycles. The lowest BCUT2D eigenvalue weighted by Crippen LogP contribution is -2.43. The van der Waals surface area contributed by atoms with Crippen molar-refractivity contribution >= 4 is 0 Å². The molecule has 0 radical (unpaired) electrons. The number of nitrogens with zero attached hydrogens (tertiary/aromatic N) is 1. The Kier molecular flexibility index (Phi) is 5.60. The zero-order valence-corrected chi connectivity index (χ0v) is 12.3. The summed E-state index contributed by atoms with van der Waals surface area (Å²) in [6.45, 7) is 5.21. The van der Waals surface area contributed by atoms with Gasteiger partial charge in [0, 0.05) is 25.8 Å². The number of piperidine rings is 1. The van der Waals surface area contributed by atoms with Gasteiger partial charge in [-0.3, -0.25) is 4.90 Å². The number of aliphatic hydroxyl groups excluding tert-OH is 1. The van der Waals surface area contributed by atoms with E-state index >= 15 is 0 Å². The first-order valence-corrected chi connectivity index (χ1v) is 7.16. The van der Waals surface area contributed by atoms with Gasteiger partial charge < -0.3 is 9.84 Å². The maximum Gasteiger partial charge on any atom is 0.104 e. The number of benzene rings is 1. The SMILES string of the molecule is COC1CN(Cc2cccc(C#CCO)c2)CCC1C. The van der Waals surface area contributed by atoms with Crippen molar-refractivity contribution in [3.63, 3.8) is 0 Å². The Hall–Kier alpha value is -1.34. The minimum absolute atomic E-state index is 0.0935. The molecule has 1 aromatic rings. The Morgan fingerprint density at radius 3 is 3.05 bits per heavy atom. The summed E-state index contributed by atoms with van der Waals surface area (Å²) in [6.07, 6.45) is 1.52. The second-order valence-electron chi connectivity index (χ2n) is 5.44. The average molecular weight is 273 g/mol. The molecule has 0 spiro atoms. The lowest BCUT2D eigenvalue weighted by Gasteiger charge is -2.36. The quantitative estimate of drug-likeness (QED) is 0.854. The van der Waals surface area contributed by atoms with Gasteiger partial charge in [0.15, 0.2) is 0 Å². The molecule has 0 bridgehead atoms. The molecule has 1 aromatic carbocycles. The highest BCUT2D eigenvalue weighted by Gasteiger charge is 2.25. The fourth-order valence-corrected chi connectivity index (χ4v) is 2.70. The van der Waals surface area contributed by atoms with Crippen LogP contribution in [0.25, 0.3) is 0 Å². The van der Waals surface area contributed by atoms with Crippen molar-refractivity contribution in [3.8, 4) is 11.8 Å². The van der Waals surface area contributed by atoms with E-state index in [0.29, 0.717) is 12.0 Å². The number of ether oxygens (including phenoxy) is 1. The van der Waals surface area contributed by atoms with Gasteiger partial charge >= 0.3 is 0 Å². The summed E-state index contributed by atoms with van der Waals surface area (Å²) in [5.74, 6) is 6.28. The fraction of sp³-hybridized carbons (Fsp3) is 0.529. The van der Waals surface area contributed by atoms with Gasteiger partial charge in [0.2, 0.25) is 0 Å². The first kappa shape index (κ1) is 15.1. The zero-order valence-electron chi connectivity index (χ0n) is 12.3. The van der Waals surface area contributed by atoms with E-state index in [1.807, 2.05) is 12.1 Å². The molecule has 1 heterocycles. The highest BCUT2D eigenvalue weighted by atomic mass is 16.5. The van der Waals surface area contributed by atoms with Crippen LogP contribution in [0.3, 0.4) is 0 Å². The first-order chi connectivity index (χ1) is 9.72. The molecular formula is C17H23NO2. The van der Waals surface area contributed by atoms with Gasteiger partial charge in [-0.2, -0.15) is 0 Å². The largest absolute Gasteiger partial charge is 0.384 e. The molecule has 3 nitrogen and oxygen atoms in total. The van der Waals surface area contributed by atoms with Gasteiger partial charge in [0.05, 0.1) is 6.10 Å². The van der Waals surface area contributed by atoms with Crippen LogP contribution in [0.5, 0.6) is 0 Å². The van der Waals surface area contributed by atoms with Crippen molar-refractivity contribution in [1.82, 2.24) is 4.90 Å². The van der Waals surface area contributed by atoms with Crippen molar-refractivity contribution in [2.24, 2.45) is 5.92 Å². The van der Waals surface area contributed by atoms with Gasteiger partial charge in [-0.25, -0.2) is 0 Å². The summed E-state index contributed by atoms with van der Waals surface area (Å²) in [7, 11) is 1.80. The molecular weight excluding hydrogens is 250 g/mol. The number of likely N-dealkylation sites (tertiary alicyclic amines) is 1. The second-order valence-corrected chi connectivity index (χ2v) is 5.44. The van der Waals surface area contributed by atoms with Crippen molar-refractivity contribution in [3.05, 3.63) is 35.4 Å². The van der Waals surface area contributed by atoms with Crippen molar-refractivity contribution < 1.29 is 9.84 Å². The molecule has 0 amide bonds. The molecule has 0 saturated carbocycles. The van der Waals surface area contributed by atoms with E-state index in [4.69, 9.17) is 9.84 Å². The van der Waals surface area contributed by atoms with E-state index in [-0.39, 0.29) is 6.61 Å². The monoisotopic (exact) mass is 273 g/mol. The van der Waals surface area contributed by atoms with Crippen LogP contribution in [0.4, 0.5) is 0 Å².